The topological polar surface area (TPSA) is 73.2 Å². The van der Waals surface area contributed by atoms with Gasteiger partial charge in [0.25, 0.3) is 0 Å². The first-order valence-electron chi connectivity index (χ1n) is 8.46. The zero-order chi connectivity index (χ0) is 18.9. The Hall–Kier alpha value is -2.83. The summed E-state index contributed by atoms with van der Waals surface area (Å²) >= 11 is 0. The van der Waals surface area contributed by atoms with Crippen LogP contribution in [0.2, 0.25) is 0 Å². The average molecular weight is 362 g/mol. The van der Waals surface area contributed by atoms with Gasteiger partial charge in [-0.15, -0.1) is 0 Å². The van der Waals surface area contributed by atoms with Crippen molar-refractivity contribution in [1.82, 2.24) is 10.2 Å². The Morgan fingerprint density at radius 3 is 2.46 bits per heavy atom. The summed E-state index contributed by atoms with van der Waals surface area (Å²) in [6.07, 6.45) is 3.85. The summed E-state index contributed by atoms with van der Waals surface area (Å²) in [4.78, 5) is 14.1. The second-order valence-corrected chi connectivity index (χ2v) is 5.62. The predicted octanol–water partition coefficient (Wildman–Crippen LogP) is 3.08. The van der Waals surface area contributed by atoms with E-state index in [9.17, 15) is 4.79 Å². The number of amides is 2. The van der Waals surface area contributed by atoms with Gasteiger partial charge in [-0.25, -0.2) is 4.79 Å². The van der Waals surface area contributed by atoms with Crippen molar-refractivity contribution in [3.05, 3.63) is 41.9 Å². The molecule has 0 fully saturated rings. The van der Waals surface area contributed by atoms with Crippen molar-refractivity contribution in [1.29, 1.82) is 0 Å². The number of nitrogens with one attached hydrogen (secondary N) is 1. The SMILES string of the molecule is CCN(Cc1ccoc1)C(=O)NCCc1ccc(OC)c(OC)c1OC. The minimum Gasteiger partial charge on any atom is -0.493 e. The molecule has 2 rings (SSSR count). The van der Waals surface area contributed by atoms with Gasteiger partial charge < -0.3 is 28.8 Å². The van der Waals surface area contributed by atoms with Crippen LogP contribution in [0.25, 0.3) is 0 Å². The number of hydrogen-bond donors (Lipinski definition) is 1. The second kappa shape index (κ2) is 9.60. The molecule has 0 bridgehead atoms. The molecule has 2 aromatic rings. The van der Waals surface area contributed by atoms with Gasteiger partial charge in [-0.3, -0.25) is 0 Å². The van der Waals surface area contributed by atoms with Crippen molar-refractivity contribution in [3.8, 4) is 17.2 Å². The second-order valence-electron chi connectivity index (χ2n) is 5.62. The molecule has 0 atom stereocenters. The molecule has 1 N–H and O–H groups in total. The highest BCUT2D eigenvalue weighted by Crippen LogP contribution is 2.39. The van der Waals surface area contributed by atoms with Gasteiger partial charge in [0.15, 0.2) is 11.5 Å². The zero-order valence-electron chi connectivity index (χ0n) is 15.7. The lowest BCUT2D eigenvalue weighted by molar-refractivity contribution is 0.198. The van der Waals surface area contributed by atoms with Gasteiger partial charge in [0.1, 0.15) is 0 Å². The molecular formula is C19H26N2O5. The number of carbonyl (C=O) groups excluding carboxylic acids is 1. The molecule has 0 unspecified atom stereocenters. The molecule has 0 aliphatic heterocycles. The van der Waals surface area contributed by atoms with Crippen LogP contribution >= 0.6 is 0 Å². The largest absolute Gasteiger partial charge is 0.493 e. The van der Waals surface area contributed by atoms with E-state index >= 15 is 0 Å². The van der Waals surface area contributed by atoms with Gasteiger partial charge in [-0.1, -0.05) is 6.07 Å². The van der Waals surface area contributed by atoms with Gasteiger partial charge in [0, 0.05) is 24.2 Å². The Morgan fingerprint density at radius 1 is 1.12 bits per heavy atom. The molecule has 0 saturated carbocycles. The maximum atomic E-state index is 12.4. The number of furan rings is 1. The van der Waals surface area contributed by atoms with E-state index in [0.717, 1.165) is 11.1 Å². The standard InChI is InChI=1S/C19H26N2O5/c1-5-21(12-14-9-11-26-13-14)19(22)20-10-8-15-6-7-16(23-2)18(25-4)17(15)24-3/h6-7,9,11,13H,5,8,10,12H2,1-4H3,(H,20,22). The lowest BCUT2D eigenvalue weighted by Gasteiger charge is -2.21. The molecule has 7 heteroatoms. The smallest absolute Gasteiger partial charge is 0.317 e. The van der Waals surface area contributed by atoms with Crippen molar-refractivity contribution in [3.63, 3.8) is 0 Å². The number of nitrogens with zero attached hydrogens (tertiary/aromatic N) is 1. The van der Waals surface area contributed by atoms with Crippen molar-refractivity contribution in [2.24, 2.45) is 0 Å². The van der Waals surface area contributed by atoms with Crippen LogP contribution in [-0.2, 0) is 13.0 Å². The van der Waals surface area contributed by atoms with E-state index in [0.29, 0.717) is 43.3 Å². The summed E-state index contributed by atoms with van der Waals surface area (Å²) in [5.74, 6) is 1.77. The minimum atomic E-state index is -0.117. The fourth-order valence-corrected chi connectivity index (χ4v) is 2.71. The molecule has 142 valence electrons. The van der Waals surface area contributed by atoms with Gasteiger partial charge in [-0.2, -0.15) is 0 Å². The van der Waals surface area contributed by atoms with Gasteiger partial charge in [-0.05, 0) is 25.5 Å². The van der Waals surface area contributed by atoms with E-state index in [-0.39, 0.29) is 6.03 Å². The number of ether oxygens (including phenoxy) is 3. The molecule has 0 aliphatic carbocycles. The Bertz CT molecular complexity index is 700. The first-order chi connectivity index (χ1) is 12.6. The van der Waals surface area contributed by atoms with Crippen LogP contribution in [0, 0.1) is 0 Å². The quantitative estimate of drug-likeness (QED) is 0.742. The molecule has 26 heavy (non-hydrogen) atoms. The Labute approximate surface area is 153 Å². The Kier molecular flexibility index (Phi) is 7.20. The van der Waals surface area contributed by atoms with Gasteiger partial charge in [0.05, 0.1) is 40.4 Å². The van der Waals surface area contributed by atoms with Crippen LogP contribution in [0.15, 0.2) is 35.1 Å². The van der Waals surface area contributed by atoms with E-state index in [2.05, 4.69) is 5.32 Å². The molecule has 2 amide bonds. The third kappa shape index (κ3) is 4.62. The average Bonchev–Trinajstić information content (AvgIpc) is 3.18. The Balaban J connectivity index is 1.97. The molecule has 0 spiro atoms. The lowest BCUT2D eigenvalue weighted by atomic mass is 10.1. The Morgan fingerprint density at radius 2 is 1.88 bits per heavy atom. The number of rotatable bonds is 9. The molecule has 1 aromatic heterocycles. The van der Waals surface area contributed by atoms with E-state index in [4.69, 9.17) is 18.6 Å². The summed E-state index contributed by atoms with van der Waals surface area (Å²) in [5.41, 5.74) is 1.90. The first-order valence-corrected chi connectivity index (χ1v) is 8.46. The lowest BCUT2D eigenvalue weighted by Crippen LogP contribution is -2.40. The summed E-state index contributed by atoms with van der Waals surface area (Å²) in [5, 5.41) is 2.94. The van der Waals surface area contributed by atoms with Crippen molar-refractivity contribution in [2.75, 3.05) is 34.4 Å². The molecule has 7 nitrogen and oxygen atoms in total. The fourth-order valence-electron chi connectivity index (χ4n) is 2.71. The van der Waals surface area contributed by atoms with Crippen LogP contribution in [0.4, 0.5) is 4.79 Å². The van der Waals surface area contributed by atoms with Crippen LogP contribution in [0.3, 0.4) is 0 Å². The first kappa shape index (κ1) is 19.5. The highest BCUT2D eigenvalue weighted by molar-refractivity contribution is 5.74. The maximum Gasteiger partial charge on any atom is 0.317 e. The van der Waals surface area contributed by atoms with Crippen LogP contribution in [0.1, 0.15) is 18.1 Å². The molecule has 0 saturated heterocycles. The predicted molar refractivity (Wildman–Crippen MR) is 98.0 cm³/mol. The number of methoxy groups -OCH3 is 3. The summed E-state index contributed by atoms with van der Waals surface area (Å²) < 4.78 is 21.2. The van der Waals surface area contributed by atoms with Gasteiger partial charge in [0.2, 0.25) is 5.75 Å². The molecule has 1 heterocycles. The van der Waals surface area contributed by atoms with E-state index in [1.807, 2.05) is 25.1 Å². The maximum absolute atomic E-state index is 12.4. The molecule has 0 aliphatic rings. The van der Waals surface area contributed by atoms with Crippen LogP contribution in [-0.4, -0.2) is 45.3 Å². The normalized spacial score (nSPS) is 10.3. The summed E-state index contributed by atoms with van der Waals surface area (Å²) in [7, 11) is 4.74. The highest BCUT2D eigenvalue weighted by atomic mass is 16.5. The third-order valence-electron chi connectivity index (χ3n) is 4.08. The number of hydrogen-bond acceptors (Lipinski definition) is 5. The minimum absolute atomic E-state index is 0.117. The molecular weight excluding hydrogens is 336 g/mol. The van der Waals surface area contributed by atoms with E-state index in [1.165, 1.54) is 0 Å². The number of benzene rings is 1. The summed E-state index contributed by atoms with van der Waals surface area (Å²) in [6.45, 7) is 3.54. The summed E-state index contributed by atoms with van der Waals surface area (Å²) in [6, 6.07) is 5.48. The number of carbonyl (C=O) groups is 1. The van der Waals surface area contributed by atoms with Gasteiger partial charge >= 0.3 is 6.03 Å². The molecule has 0 radical (unpaired) electrons. The van der Waals surface area contributed by atoms with Crippen molar-refractivity contribution < 1.29 is 23.4 Å². The third-order valence-corrected chi connectivity index (χ3v) is 4.08. The molecule has 1 aromatic carbocycles. The zero-order valence-corrected chi connectivity index (χ0v) is 15.7. The highest BCUT2D eigenvalue weighted by Gasteiger charge is 2.16. The van der Waals surface area contributed by atoms with Crippen LogP contribution < -0.4 is 19.5 Å². The fraction of sp³-hybridized carbons (Fsp3) is 0.421. The van der Waals surface area contributed by atoms with Crippen molar-refractivity contribution in [2.45, 2.75) is 19.9 Å². The van der Waals surface area contributed by atoms with Crippen LogP contribution in [0.5, 0.6) is 17.2 Å². The monoisotopic (exact) mass is 362 g/mol. The van der Waals surface area contributed by atoms with E-state index in [1.54, 1.807) is 38.8 Å². The van der Waals surface area contributed by atoms with E-state index < -0.39 is 0 Å². The van der Waals surface area contributed by atoms with Crippen molar-refractivity contribution >= 4 is 6.03 Å². The number of urea groups is 1.